The maximum absolute atomic E-state index is 16.7. The van der Waals surface area contributed by atoms with Crippen molar-refractivity contribution in [1.29, 1.82) is 0 Å². The quantitative estimate of drug-likeness (QED) is 0.140. The molecule has 0 spiro atoms. The van der Waals surface area contributed by atoms with Gasteiger partial charge in [-0.25, -0.2) is 0 Å². The van der Waals surface area contributed by atoms with E-state index in [0.717, 1.165) is 39.0 Å². The number of thiophene rings is 6. The zero-order chi connectivity index (χ0) is 42.8. The van der Waals surface area contributed by atoms with E-state index < -0.39 is 35.3 Å². The normalized spacial score (nSPS) is 17.2. The van der Waals surface area contributed by atoms with E-state index in [0.29, 0.717) is 20.2 Å². The van der Waals surface area contributed by atoms with Gasteiger partial charge in [-0.2, -0.15) is 26.3 Å². The first-order valence-electron chi connectivity index (χ1n) is 19.1. The summed E-state index contributed by atoms with van der Waals surface area (Å²) in [5.41, 5.74) is -3.25. The second kappa shape index (κ2) is 14.3. The molecule has 58 heavy (non-hydrogen) atoms. The standard InChI is InChI=1S/C46H48F6S6/c1-40(2,3)33-17-13-27(53-33)31-22-24(38(57-31)29-15-19-35(55-29)42(7,8)9)21-26-37(45(49,50)46(51,52)44(26,47)48)25-23-32(28-14-18-34(54-28)41(4,5)6)58-39(25)30-16-20-36(56-30)43(10,11)12/h13-20,22-23H,21H2,1-12H3. The topological polar surface area (TPSA) is 0 Å². The summed E-state index contributed by atoms with van der Waals surface area (Å²) < 4.78 is 98.3. The second-order valence-corrected chi connectivity index (χ2v) is 25.7. The average molecular weight is 907 g/mol. The van der Waals surface area contributed by atoms with Crippen LogP contribution in [0, 0.1) is 0 Å². The predicted octanol–water partition coefficient (Wildman–Crippen LogP) is 17.8. The molecule has 0 nitrogen and oxygen atoms in total. The largest absolute Gasteiger partial charge is 0.380 e. The third-order valence-corrected chi connectivity index (χ3v) is 19.4. The Balaban J connectivity index is 1.48. The molecule has 0 saturated heterocycles. The fourth-order valence-electron chi connectivity index (χ4n) is 6.86. The van der Waals surface area contributed by atoms with Gasteiger partial charge in [0, 0.05) is 76.8 Å². The van der Waals surface area contributed by atoms with Crippen LogP contribution >= 0.6 is 68.0 Å². The van der Waals surface area contributed by atoms with Crippen molar-refractivity contribution in [2.45, 2.75) is 129 Å². The first-order valence-corrected chi connectivity index (χ1v) is 24.0. The van der Waals surface area contributed by atoms with Gasteiger partial charge in [0.1, 0.15) is 0 Å². The van der Waals surface area contributed by atoms with Gasteiger partial charge in [-0.1, -0.05) is 83.1 Å². The van der Waals surface area contributed by atoms with Crippen molar-refractivity contribution >= 4 is 73.6 Å². The summed E-state index contributed by atoms with van der Waals surface area (Å²) in [4.78, 5) is 9.47. The van der Waals surface area contributed by atoms with Crippen LogP contribution in [0.5, 0.6) is 0 Å². The first kappa shape index (κ1) is 43.6. The molecule has 0 aromatic carbocycles. The Labute approximate surface area is 362 Å². The Hall–Kier alpha value is -2.48. The van der Waals surface area contributed by atoms with Gasteiger partial charge in [-0.15, -0.1) is 68.0 Å². The van der Waals surface area contributed by atoms with E-state index in [4.69, 9.17) is 0 Å². The highest BCUT2D eigenvalue weighted by Gasteiger charge is 2.80. The Morgan fingerprint density at radius 3 is 1.19 bits per heavy atom. The summed E-state index contributed by atoms with van der Waals surface area (Å²) in [6.45, 7) is 24.8. The van der Waals surface area contributed by atoms with E-state index in [1.807, 2.05) is 63.2 Å². The minimum atomic E-state index is -5.66. The van der Waals surface area contributed by atoms with Crippen LogP contribution in [0.4, 0.5) is 26.3 Å². The number of alkyl halides is 6. The lowest BCUT2D eigenvalue weighted by atomic mass is 9.94. The van der Waals surface area contributed by atoms with Crippen molar-refractivity contribution in [3.63, 3.8) is 0 Å². The highest BCUT2D eigenvalue weighted by atomic mass is 32.1. The van der Waals surface area contributed by atoms with Crippen LogP contribution in [0.1, 0.15) is 114 Å². The molecule has 12 heteroatoms. The van der Waals surface area contributed by atoms with E-state index in [9.17, 15) is 0 Å². The Morgan fingerprint density at radius 1 is 0.414 bits per heavy atom. The second-order valence-electron chi connectivity index (χ2n) is 19.2. The molecular formula is C46H48F6S6. The van der Waals surface area contributed by atoms with Gasteiger partial charge in [-0.3, -0.25) is 0 Å². The predicted molar refractivity (Wildman–Crippen MR) is 242 cm³/mol. The summed E-state index contributed by atoms with van der Waals surface area (Å²) in [5, 5.41) is 0. The van der Waals surface area contributed by atoms with Crippen LogP contribution in [-0.2, 0) is 28.1 Å². The maximum atomic E-state index is 16.7. The van der Waals surface area contributed by atoms with Crippen LogP contribution in [-0.4, -0.2) is 17.8 Å². The molecule has 0 amide bonds. The maximum Gasteiger partial charge on any atom is 0.380 e. The van der Waals surface area contributed by atoms with Crippen molar-refractivity contribution in [2.24, 2.45) is 0 Å². The highest BCUT2D eigenvalue weighted by molar-refractivity contribution is 7.27. The zero-order valence-corrected chi connectivity index (χ0v) is 39.6. The molecule has 0 fully saturated rings. The van der Waals surface area contributed by atoms with Crippen LogP contribution in [0.15, 0.2) is 66.2 Å². The molecule has 0 aliphatic heterocycles. The van der Waals surface area contributed by atoms with Gasteiger partial charge in [0.25, 0.3) is 0 Å². The van der Waals surface area contributed by atoms with Crippen molar-refractivity contribution in [2.75, 3.05) is 0 Å². The monoisotopic (exact) mass is 906 g/mol. The van der Waals surface area contributed by atoms with Crippen LogP contribution in [0.25, 0.3) is 44.6 Å². The molecule has 0 bridgehead atoms. The first-order chi connectivity index (χ1) is 26.5. The molecule has 1 aliphatic rings. The summed E-state index contributed by atoms with van der Waals surface area (Å²) in [6.07, 6.45) is -0.769. The molecule has 6 aromatic heterocycles. The molecule has 0 atom stereocenters. The summed E-state index contributed by atoms with van der Waals surface area (Å²) in [5.74, 6) is -16.0. The summed E-state index contributed by atoms with van der Waals surface area (Å²) in [6, 6.07) is 18.7. The Morgan fingerprint density at radius 2 is 0.776 bits per heavy atom. The molecule has 6 heterocycles. The minimum absolute atomic E-state index is 0.130. The van der Waals surface area contributed by atoms with E-state index in [1.165, 1.54) is 62.8 Å². The summed E-state index contributed by atoms with van der Waals surface area (Å²) in [7, 11) is 0. The van der Waals surface area contributed by atoms with E-state index in [1.54, 1.807) is 23.5 Å². The van der Waals surface area contributed by atoms with Crippen LogP contribution < -0.4 is 0 Å². The highest BCUT2D eigenvalue weighted by Crippen LogP contribution is 2.65. The molecule has 0 N–H and O–H groups in total. The Kier molecular flexibility index (Phi) is 10.7. The molecule has 0 radical (unpaired) electrons. The van der Waals surface area contributed by atoms with Crippen molar-refractivity contribution < 1.29 is 26.3 Å². The molecule has 0 saturated carbocycles. The number of halogens is 6. The lowest BCUT2D eigenvalue weighted by Crippen LogP contribution is -2.49. The van der Waals surface area contributed by atoms with Crippen LogP contribution in [0.3, 0.4) is 0 Å². The lowest BCUT2D eigenvalue weighted by Gasteiger charge is -2.26. The fraction of sp³-hybridized carbons (Fsp3) is 0.435. The lowest BCUT2D eigenvalue weighted by molar-refractivity contribution is -0.260. The molecule has 310 valence electrons. The van der Waals surface area contributed by atoms with E-state index >= 15 is 26.3 Å². The van der Waals surface area contributed by atoms with E-state index in [2.05, 4.69) is 62.3 Å². The van der Waals surface area contributed by atoms with Gasteiger partial charge >= 0.3 is 17.8 Å². The third kappa shape index (κ3) is 7.58. The van der Waals surface area contributed by atoms with Crippen LogP contribution in [0.2, 0.25) is 0 Å². The molecular weight excluding hydrogens is 859 g/mol. The number of hydrogen-bond donors (Lipinski definition) is 0. The number of hydrogen-bond acceptors (Lipinski definition) is 6. The van der Waals surface area contributed by atoms with Gasteiger partial charge in [0.2, 0.25) is 0 Å². The minimum Gasteiger partial charge on any atom is -0.194 e. The van der Waals surface area contributed by atoms with Gasteiger partial charge < -0.3 is 0 Å². The average Bonchev–Trinajstić information content (AvgIpc) is 3.93. The van der Waals surface area contributed by atoms with E-state index in [-0.39, 0.29) is 32.1 Å². The van der Waals surface area contributed by atoms with Gasteiger partial charge in [-0.05, 0) is 87.9 Å². The summed E-state index contributed by atoms with van der Waals surface area (Å²) >= 11 is 8.53. The van der Waals surface area contributed by atoms with Crippen molar-refractivity contribution in [1.82, 2.24) is 0 Å². The zero-order valence-electron chi connectivity index (χ0n) is 34.7. The van der Waals surface area contributed by atoms with Crippen molar-refractivity contribution in [3.05, 3.63) is 96.9 Å². The SMILES string of the molecule is CC(C)(C)c1ccc(-c2cc(CC3=C(c4cc(-c5ccc(C(C)(C)C)s5)sc4-c4ccc(C(C)(C)C)s4)C(F)(F)C(F)(F)C3(F)F)c(-c3ccc(C(C)(C)C)s3)s2)s1. The smallest absolute Gasteiger partial charge is 0.194 e. The molecule has 6 aromatic rings. The molecule has 7 rings (SSSR count). The van der Waals surface area contributed by atoms with Gasteiger partial charge in [0.15, 0.2) is 0 Å². The molecule has 1 aliphatic carbocycles. The fourth-order valence-corrected chi connectivity index (χ4v) is 13.9. The Bertz CT molecular complexity index is 2510. The van der Waals surface area contributed by atoms with Crippen molar-refractivity contribution in [3.8, 4) is 39.0 Å². The number of rotatable bonds is 7. The van der Waals surface area contributed by atoms with Gasteiger partial charge in [0.05, 0.1) is 4.88 Å². The molecule has 0 unspecified atom stereocenters. The number of allylic oxidation sites excluding steroid dienone is 2. The third-order valence-electron chi connectivity index (χ3n) is 10.3.